The van der Waals surface area contributed by atoms with Crippen LogP contribution >= 0.6 is 39.1 Å². The third-order valence-electron chi connectivity index (χ3n) is 2.88. The Labute approximate surface area is 133 Å². The molecule has 0 radical (unpaired) electrons. The molecule has 0 aliphatic rings. The average Bonchev–Trinajstić information content (AvgIpc) is 2.38. The van der Waals surface area contributed by atoms with Gasteiger partial charge in [0.05, 0.1) is 14.5 Å². The van der Waals surface area contributed by atoms with E-state index in [0.717, 1.165) is 17.7 Å². The fraction of sp³-hybridized carbons (Fsp3) is 0.143. The molecule has 2 rings (SSSR count). The van der Waals surface area contributed by atoms with Crippen LogP contribution in [0.2, 0.25) is 10.0 Å². The van der Waals surface area contributed by atoms with Crippen molar-refractivity contribution in [3.63, 3.8) is 0 Å². The van der Waals surface area contributed by atoms with Crippen LogP contribution in [0.5, 0.6) is 0 Å². The summed E-state index contributed by atoms with van der Waals surface area (Å²) in [4.78, 5) is 0. The predicted molar refractivity (Wildman–Crippen MR) is 81.2 cm³/mol. The summed E-state index contributed by atoms with van der Waals surface area (Å²) in [5.74, 6) is -1.10. The van der Waals surface area contributed by atoms with E-state index >= 15 is 0 Å². The summed E-state index contributed by atoms with van der Waals surface area (Å²) >= 11 is 14.7. The molecule has 106 valence electrons. The normalized spacial score (nSPS) is 12.5. The number of nitrogens with two attached hydrogens (primary N) is 1. The SMILES string of the molecule is NC(Cc1ccc(Cl)c(Cl)c1)c1cc(F)c(Br)cc1F. The second-order valence-corrected chi connectivity index (χ2v) is 6.02. The Bertz CT molecular complexity index is 649. The molecule has 0 amide bonds. The van der Waals surface area contributed by atoms with Crippen LogP contribution in [0.3, 0.4) is 0 Å². The van der Waals surface area contributed by atoms with Crippen LogP contribution < -0.4 is 5.73 Å². The molecule has 0 spiro atoms. The zero-order chi connectivity index (χ0) is 14.9. The lowest BCUT2D eigenvalue weighted by atomic mass is 9.99. The topological polar surface area (TPSA) is 26.0 Å². The van der Waals surface area contributed by atoms with Crippen molar-refractivity contribution in [2.24, 2.45) is 5.73 Å². The number of benzene rings is 2. The largest absolute Gasteiger partial charge is 0.324 e. The van der Waals surface area contributed by atoms with Crippen molar-refractivity contribution < 1.29 is 8.78 Å². The molecule has 2 aromatic rings. The minimum absolute atomic E-state index is 0.0699. The van der Waals surface area contributed by atoms with Gasteiger partial charge in [-0.2, -0.15) is 0 Å². The molecular formula is C14H10BrCl2F2N. The molecule has 0 aromatic heterocycles. The Morgan fingerprint density at radius 1 is 1.05 bits per heavy atom. The van der Waals surface area contributed by atoms with E-state index in [9.17, 15) is 8.78 Å². The molecule has 2 N–H and O–H groups in total. The fourth-order valence-electron chi connectivity index (χ4n) is 1.85. The van der Waals surface area contributed by atoms with E-state index in [1.54, 1.807) is 18.2 Å². The number of hydrogen-bond donors (Lipinski definition) is 1. The minimum Gasteiger partial charge on any atom is -0.324 e. The van der Waals surface area contributed by atoms with Crippen molar-refractivity contribution in [2.75, 3.05) is 0 Å². The summed E-state index contributed by atoms with van der Waals surface area (Å²) in [6.45, 7) is 0. The van der Waals surface area contributed by atoms with Crippen LogP contribution in [0.4, 0.5) is 8.78 Å². The predicted octanol–water partition coefficient (Wildman–Crippen LogP) is 5.28. The third-order valence-corrected chi connectivity index (χ3v) is 4.23. The lowest BCUT2D eigenvalue weighted by Crippen LogP contribution is -2.15. The first-order valence-corrected chi connectivity index (χ1v) is 7.27. The lowest BCUT2D eigenvalue weighted by Gasteiger charge is -2.14. The first kappa shape index (κ1) is 15.7. The van der Waals surface area contributed by atoms with Gasteiger partial charge in [0.25, 0.3) is 0 Å². The number of halogens is 5. The van der Waals surface area contributed by atoms with Crippen molar-refractivity contribution in [2.45, 2.75) is 12.5 Å². The monoisotopic (exact) mass is 379 g/mol. The van der Waals surface area contributed by atoms with Gasteiger partial charge in [-0.25, -0.2) is 8.78 Å². The van der Waals surface area contributed by atoms with Crippen LogP contribution in [-0.2, 0) is 6.42 Å². The van der Waals surface area contributed by atoms with E-state index in [0.29, 0.717) is 16.5 Å². The number of rotatable bonds is 3. The highest BCUT2D eigenvalue weighted by Gasteiger charge is 2.15. The molecule has 1 unspecified atom stereocenters. The van der Waals surface area contributed by atoms with Gasteiger partial charge in [-0.05, 0) is 52.2 Å². The maximum Gasteiger partial charge on any atom is 0.137 e. The zero-order valence-electron chi connectivity index (χ0n) is 10.1. The Hall–Kier alpha value is -0.680. The molecular weight excluding hydrogens is 371 g/mol. The molecule has 20 heavy (non-hydrogen) atoms. The third kappa shape index (κ3) is 3.50. The molecule has 1 nitrogen and oxygen atoms in total. The van der Waals surface area contributed by atoms with Gasteiger partial charge in [-0.1, -0.05) is 29.3 Å². The molecule has 0 fully saturated rings. The Morgan fingerprint density at radius 3 is 2.40 bits per heavy atom. The van der Waals surface area contributed by atoms with Gasteiger partial charge in [0.15, 0.2) is 0 Å². The standard InChI is InChI=1S/C14H10BrCl2F2N/c15-9-6-12(18)8(5-13(9)19)14(20)4-7-1-2-10(16)11(17)3-7/h1-3,5-6,14H,4,20H2. The van der Waals surface area contributed by atoms with Crippen LogP contribution in [0.1, 0.15) is 17.2 Å². The van der Waals surface area contributed by atoms with Crippen molar-refractivity contribution in [3.8, 4) is 0 Å². The highest BCUT2D eigenvalue weighted by molar-refractivity contribution is 9.10. The molecule has 6 heteroatoms. The lowest BCUT2D eigenvalue weighted by molar-refractivity contribution is 0.557. The Morgan fingerprint density at radius 2 is 1.75 bits per heavy atom. The van der Waals surface area contributed by atoms with Gasteiger partial charge in [0.2, 0.25) is 0 Å². The second-order valence-electron chi connectivity index (χ2n) is 4.35. The Kier molecular flexibility index (Phi) is 5.02. The van der Waals surface area contributed by atoms with Gasteiger partial charge in [-0.3, -0.25) is 0 Å². The summed E-state index contributed by atoms with van der Waals surface area (Å²) < 4.78 is 27.3. The molecule has 0 bridgehead atoms. The molecule has 0 heterocycles. The molecule has 0 saturated carbocycles. The Balaban J connectivity index is 2.25. The maximum absolute atomic E-state index is 13.8. The first-order valence-electron chi connectivity index (χ1n) is 5.72. The molecule has 0 aliphatic heterocycles. The van der Waals surface area contributed by atoms with Gasteiger partial charge < -0.3 is 5.73 Å². The van der Waals surface area contributed by atoms with Crippen LogP contribution in [-0.4, -0.2) is 0 Å². The second kappa shape index (κ2) is 6.39. The minimum atomic E-state index is -0.671. The summed E-state index contributed by atoms with van der Waals surface area (Å²) in [7, 11) is 0. The molecule has 2 aromatic carbocycles. The summed E-state index contributed by atoms with van der Waals surface area (Å²) in [6.07, 6.45) is 0.328. The van der Waals surface area contributed by atoms with E-state index < -0.39 is 17.7 Å². The first-order chi connectivity index (χ1) is 9.38. The quantitative estimate of drug-likeness (QED) is 0.720. The molecule has 0 saturated heterocycles. The van der Waals surface area contributed by atoms with Gasteiger partial charge >= 0.3 is 0 Å². The van der Waals surface area contributed by atoms with Gasteiger partial charge in [0, 0.05) is 11.6 Å². The van der Waals surface area contributed by atoms with E-state index in [2.05, 4.69) is 15.9 Å². The highest BCUT2D eigenvalue weighted by atomic mass is 79.9. The van der Waals surface area contributed by atoms with Crippen molar-refractivity contribution in [3.05, 3.63) is 67.6 Å². The summed E-state index contributed by atoms with van der Waals surface area (Å²) in [5.41, 5.74) is 6.86. The van der Waals surface area contributed by atoms with E-state index in [-0.39, 0.29) is 10.0 Å². The highest BCUT2D eigenvalue weighted by Crippen LogP contribution is 2.27. The number of hydrogen-bond acceptors (Lipinski definition) is 1. The van der Waals surface area contributed by atoms with Gasteiger partial charge in [-0.15, -0.1) is 0 Å². The smallest absolute Gasteiger partial charge is 0.137 e. The summed E-state index contributed by atoms with van der Waals surface area (Å²) in [5, 5.41) is 0.837. The average molecular weight is 381 g/mol. The van der Waals surface area contributed by atoms with Crippen molar-refractivity contribution in [1.82, 2.24) is 0 Å². The van der Waals surface area contributed by atoms with E-state index in [1.807, 2.05) is 0 Å². The van der Waals surface area contributed by atoms with Crippen LogP contribution in [0.15, 0.2) is 34.8 Å². The van der Waals surface area contributed by atoms with Crippen LogP contribution in [0, 0.1) is 11.6 Å². The zero-order valence-corrected chi connectivity index (χ0v) is 13.2. The van der Waals surface area contributed by atoms with Gasteiger partial charge in [0.1, 0.15) is 11.6 Å². The van der Waals surface area contributed by atoms with Crippen LogP contribution in [0.25, 0.3) is 0 Å². The van der Waals surface area contributed by atoms with Crippen molar-refractivity contribution >= 4 is 39.1 Å². The molecule has 1 atom stereocenters. The summed E-state index contributed by atoms with van der Waals surface area (Å²) in [6, 6.07) is 6.55. The molecule has 0 aliphatic carbocycles. The van der Waals surface area contributed by atoms with E-state index in [4.69, 9.17) is 28.9 Å². The van der Waals surface area contributed by atoms with Crippen molar-refractivity contribution in [1.29, 1.82) is 0 Å². The fourth-order valence-corrected chi connectivity index (χ4v) is 2.49. The maximum atomic E-state index is 13.8. The van der Waals surface area contributed by atoms with E-state index in [1.165, 1.54) is 0 Å².